The first kappa shape index (κ1) is 13.4. The van der Waals surface area contributed by atoms with Gasteiger partial charge in [-0.1, -0.05) is 19.4 Å². The van der Waals surface area contributed by atoms with Gasteiger partial charge in [-0.2, -0.15) is 0 Å². The highest BCUT2D eigenvalue weighted by Gasteiger charge is 2.27. The van der Waals surface area contributed by atoms with Crippen molar-refractivity contribution in [1.82, 2.24) is 9.97 Å². The van der Waals surface area contributed by atoms with Crippen LogP contribution in [0.2, 0.25) is 0 Å². The van der Waals surface area contributed by atoms with E-state index in [2.05, 4.69) is 39.7 Å². The summed E-state index contributed by atoms with van der Waals surface area (Å²) in [6.07, 6.45) is 4.59. The zero-order valence-corrected chi connectivity index (χ0v) is 12.5. The fourth-order valence-electron chi connectivity index (χ4n) is 2.33. The number of nitrogens with two attached hydrogens (primary N) is 1. The summed E-state index contributed by atoms with van der Waals surface area (Å²) in [5, 5.41) is 5.64. The molecule has 1 aliphatic rings. The zero-order chi connectivity index (χ0) is 13.9. The summed E-state index contributed by atoms with van der Waals surface area (Å²) in [6, 6.07) is 6.40. The number of rotatable bonds is 6. The second-order valence-electron chi connectivity index (χ2n) is 5.31. The Kier molecular flexibility index (Phi) is 3.87. The first-order chi connectivity index (χ1) is 9.76. The number of nitrogens with one attached hydrogen (secondary N) is 1. The highest BCUT2D eigenvalue weighted by Crippen LogP contribution is 2.39. The minimum absolute atomic E-state index is 0.307. The molecule has 2 aromatic heterocycles. The third-order valence-corrected chi connectivity index (χ3v) is 4.48. The molecule has 106 valence electrons. The molecule has 1 unspecified atom stereocenters. The van der Waals surface area contributed by atoms with Crippen LogP contribution in [0.1, 0.15) is 55.3 Å². The molecule has 0 aromatic carbocycles. The number of nitrogens with zero attached hydrogens (tertiary/aromatic N) is 2. The largest absolute Gasteiger partial charge is 0.384 e. The van der Waals surface area contributed by atoms with Crippen LogP contribution in [-0.4, -0.2) is 9.97 Å². The third kappa shape index (κ3) is 3.10. The lowest BCUT2D eigenvalue weighted by molar-refractivity contribution is 0.683. The summed E-state index contributed by atoms with van der Waals surface area (Å²) in [4.78, 5) is 10.3. The Hall–Kier alpha value is -1.62. The molecule has 0 bridgehead atoms. The number of hydrogen-bond acceptors (Lipinski definition) is 5. The van der Waals surface area contributed by atoms with E-state index in [1.807, 2.05) is 6.07 Å². The van der Waals surface area contributed by atoms with Crippen molar-refractivity contribution in [1.29, 1.82) is 0 Å². The Bertz CT molecular complexity index is 563. The van der Waals surface area contributed by atoms with Gasteiger partial charge in [-0.15, -0.1) is 11.3 Å². The number of hydrogen-bond donors (Lipinski definition) is 2. The molecule has 4 nitrogen and oxygen atoms in total. The summed E-state index contributed by atoms with van der Waals surface area (Å²) < 4.78 is 0. The van der Waals surface area contributed by atoms with E-state index in [4.69, 9.17) is 5.73 Å². The van der Waals surface area contributed by atoms with Crippen molar-refractivity contribution in [2.45, 2.75) is 44.6 Å². The van der Waals surface area contributed by atoms with Gasteiger partial charge in [-0.05, 0) is 30.7 Å². The quantitative estimate of drug-likeness (QED) is 0.844. The van der Waals surface area contributed by atoms with Gasteiger partial charge in [0.15, 0.2) is 0 Å². The Balaban J connectivity index is 1.81. The van der Waals surface area contributed by atoms with Gasteiger partial charge in [0.25, 0.3) is 0 Å². The maximum Gasteiger partial charge on any atom is 0.136 e. The predicted octanol–water partition coefficient (Wildman–Crippen LogP) is 3.95. The molecule has 2 aromatic rings. The highest BCUT2D eigenvalue weighted by molar-refractivity contribution is 7.10. The number of thiophene rings is 1. The van der Waals surface area contributed by atoms with Crippen LogP contribution in [0.25, 0.3) is 0 Å². The van der Waals surface area contributed by atoms with E-state index in [1.165, 1.54) is 17.7 Å². The van der Waals surface area contributed by atoms with Gasteiger partial charge in [0.05, 0.1) is 6.04 Å². The van der Waals surface area contributed by atoms with Gasteiger partial charge in [0.1, 0.15) is 17.5 Å². The first-order valence-electron chi connectivity index (χ1n) is 7.20. The SMILES string of the molecule is CCCC(Nc1cc(N)nc(C2CC2)n1)c1cccs1. The fourth-order valence-corrected chi connectivity index (χ4v) is 3.14. The summed E-state index contributed by atoms with van der Waals surface area (Å²) in [5.41, 5.74) is 5.90. The molecule has 1 saturated carbocycles. The summed E-state index contributed by atoms with van der Waals surface area (Å²) in [6.45, 7) is 2.20. The van der Waals surface area contributed by atoms with Gasteiger partial charge >= 0.3 is 0 Å². The van der Waals surface area contributed by atoms with Crippen molar-refractivity contribution < 1.29 is 0 Å². The minimum Gasteiger partial charge on any atom is -0.384 e. The molecule has 2 heterocycles. The van der Waals surface area contributed by atoms with Gasteiger partial charge in [0.2, 0.25) is 0 Å². The number of anilines is 2. The molecule has 1 aliphatic carbocycles. The standard InChI is InChI=1S/C15H20N4S/c1-2-4-11(12-5-3-8-20-12)17-14-9-13(16)18-15(19-14)10-6-7-10/h3,5,8-11H,2,4,6-7H2,1H3,(H3,16,17,18,19). The van der Waals surface area contributed by atoms with Gasteiger partial charge in [-0.3, -0.25) is 0 Å². The van der Waals surface area contributed by atoms with E-state index >= 15 is 0 Å². The first-order valence-corrected chi connectivity index (χ1v) is 8.08. The normalized spacial score (nSPS) is 16.1. The lowest BCUT2D eigenvalue weighted by Crippen LogP contribution is -2.12. The minimum atomic E-state index is 0.307. The van der Waals surface area contributed by atoms with E-state index in [9.17, 15) is 0 Å². The molecule has 1 fully saturated rings. The topological polar surface area (TPSA) is 63.8 Å². The summed E-state index contributed by atoms with van der Waals surface area (Å²) >= 11 is 1.78. The Morgan fingerprint density at radius 1 is 1.45 bits per heavy atom. The van der Waals surface area contributed by atoms with Crippen LogP contribution in [0, 0.1) is 0 Å². The van der Waals surface area contributed by atoms with Crippen molar-refractivity contribution in [2.24, 2.45) is 0 Å². The van der Waals surface area contributed by atoms with Crippen molar-refractivity contribution in [2.75, 3.05) is 11.1 Å². The predicted molar refractivity (Wildman–Crippen MR) is 84.0 cm³/mol. The van der Waals surface area contributed by atoms with Gasteiger partial charge < -0.3 is 11.1 Å². The van der Waals surface area contributed by atoms with Crippen LogP contribution in [0.15, 0.2) is 23.6 Å². The van der Waals surface area contributed by atoms with Crippen LogP contribution >= 0.6 is 11.3 Å². The van der Waals surface area contributed by atoms with Crippen LogP contribution < -0.4 is 11.1 Å². The maximum absolute atomic E-state index is 5.90. The molecule has 0 aliphatic heterocycles. The van der Waals surface area contributed by atoms with Gasteiger partial charge in [0, 0.05) is 16.9 Å². The average Bonchev–Trinajstić information content (AvgIpc) is 3.13. The van der Waals surface area contributed by atoms with Crippen molar-refractivity contribution in [3.63, 3.8) is 0 Å². The zero-order valence-electron chi connectivity index (χ0n) is 11.7. The maximum atomic E-state index is 5.90. The highest BCUT2D eigenvalue weighted by atomic mass is 32.1. The Morgan fingerprint density at radius 3 is 2.95 bits per heavy atom. The Labute approximate surface area is 123 Å². The smallest absolute Gasteiger partial charge is 0.136 e. The molecular formula is C15H20N4S. The second kappa shape index (κ2) is 5.79. The van der Waals surface area contributed by atoms with Crippen LogP contribution in [0.5, 0.6) is 0 Å². The van der Waals surface area contributed by atoms with Crippen molar-refractivity contribution in [3.05, 3.63) is 34.3 Å². The lowest BCUT2D eigenvalue weighted by Gasteiger charge is -2.18. The number of nitrogen functional groups attached to an aromatic ring is 1. The van der Waals surface area contributed by atoms with E-state index in [-0.39, 0.29) is 0 Å². The summed E-state index contributed by atoms with van der Waals surface area (Å²) in [7, 11) is 0. The fraction of sp³-hybridized carbons (Fsp3) is 0.467. The average molecular weight is 288 g/mol. The van der Waals surface area contributed by atoms with Gasteiger partial charge in [-0.25, -0.2) is 9.97 Å². The van der Waals surface area contributed by atoms with Crippen LogP contribution in [0.3, 0.4) is 0 Å². The molecule has 3 N–H and O–H groups in total. The van der Waals surface area contributed by atoms with Crippen LogP contribution in [-0.2, 0) is 0 Å². The molecular weight excluding hydrogens is 268 g/mol. The summed E-state index contributed by atoms with van der Waals surface area (Å²) in [5.74, 6) is 2.83. The molecule has 5 heteroatoms. The third-order valence-electron chi connectivity index (χ3n) is 3.49. The van der Waals surface area contributed by atoms with E-state index in [0.29, 0.717) is 17.8 Å². The second-order valence-corrected chi connectivity index (χ2v) is 6.29. The van der Waals surface area contributed by atoms with E-state index in [0.717, 1.165) is 24.5 Å². The molecule has 0 saturated heterocycles. The molecule has 1 atom stereocenters. The van der Waals surface area contributed by atoms with Crippen molar-refractivity contribution >= 4 is 23.0 Å². The van der Waals surface area contributed by atoms with Crippen molar-refractivity contribution in [3.8, 4) is 0 Å². The lowest BCUT2D eigenvalue weighted by atomic mass is 10.1. The molecule has 0 radical (unpaired) electrons. The van der Waals surface area contributed by atoms with Crippen LogP contribution in [0.4, 0.5) is 11.6 Å². The Morgan fingerprint density at radius 2 is 2.30 bits per heavy atom. The van der Waals surface area contributed by atoms with E-state index < -0.39 is 0 Å². The van der Waals surface area contributed by atoms with E-state index in [1.54, 1.807) is 11.3 Å². The molecule has 0 amide bonds. The monoisotopic (exact) mass is 288 g/mol. The number of aromatic nitrogens is 2. The molecule has 0 spiro atoms. The molecule has 20 heavy (non-hydrogen) atoms. The molecule has 3 rings (SSSR count).